The van der Waals surface area contributed by atoms with Crippen LogP contribution in [0, 0.1) is 13.8 Å². The lowest BCUT2D eigenvalue weighted by Gasteiger charge is -2.08. The van der Waals surface area contributed by atoms with Gasteiger partial charge in [-0.15, -0.1) is 0 Å². The van der Waals surface area contributed by atoms with E-state index in [0.717, 1.165) is 64.8 Å². The molecular weight excluding hydrogens is 404 g/mol. The minimum Gasteiger partial charge on any atom is -0.267 e. The summed E-state index contributed by atoms with van der Waals surface area (Å²) in [5.74, 6) is 0.565. The van der Waals surface area contributed by atoms with Crippen molar-refractivity contribution in [3.63, 3.8) is 0 Å². The highest BCUT2D eigenvalue weighted by Crippen LogP contribution is 2.22. The van der Waals surface area contributed by atoms with Gasteiger partial charge < -0.3 is 0 Å². The Morgan fingerprint density at radius 1 is 1.00 bits per heavy atom. The van der Waals surface area contributed by atoms with Gasteiger partial charge in [0.25, 0.3) is 5.91 Å². The number of thioether (sulfide) groups is 1. The highest BCUT2D eigenvalue weighted by molar-refractivity contribution is 7.98. The number of hydrogen-bond acceptors (Lipinski definition) is 5. The van der Waals surface area contributed by atoms with E-state index in [2.05, 4.69) is 38.7 Å². The summed E-state index contributed by atoms with van der Waals surface area (Å²) in [6.45, 7) is 3.95. The number of rotatable bonds is 5. The molecule has 0 fully saturated rings. The highest BCUT2D eigenvalue weighted by atomic mass is 32.2. The van der Waals surface area contributed by atoms with Gasteiger partial charge in [0.1, 0.15) is 0 Å². The van der Waals surface area contributed by atoms with E-state index in [0.29, 0.717) is 5.56 Å². The van der Waals surface area contributed by atoms with Gasteiger partial charge in [-0.2, -0.15) is 5.10 Å². The van der Waals surface area contributed by atoms with Crippen LogP contribution in [-0.4, -0.2) is 21.6 Å². The molecule has 2 aromatic carbocycles. The molecule has 158 valence electrons. The van der Waals surface area contributed by atoms with Crippen molar-refractivity contribution in [3.05, 3.63) is 88.2 Å². The molecule has 1 N–H and O–H groups in total. The standard InChI is InChI=1S/C25H26N4OS/c1-17-15-18(2)27-25(26-17)31-16-19-11-13-21(14-12-19)24(30)29-28-23-10-6-4-8-20-7-3-5-9-22(20)23/h3,5,7,9,11-15H,4,6,8,10,16H2,1-2H3,(H,29,30). The van der Waals surface area contributed by atoms with Gasteiger partial charge >= 0.3 is 0 Å². The molecule has 1 aliphatic rings. The summed E-state index contributed by atoms with van der Waals surface area (Å²) >= 11 is 1.60. The Kier molecular flexibility index (Phi) is 6.77. The number of carbonyl (C=O) groups excluding carboxylic acids is 1. The fraction of sp³-hybridized carbons (Fsp3) is 0.280. The largest absolute Gasteiger partial charge is 0.271 e. The monoisotopic (exact) mass is 430 g/mol. The van der Waals surface area contributed by atoms with E-state index in [1.165, 1.54) is 5.56 Å². The average Bonchev–Trinajstić information content (AvgIpc) is 2.98. The number of nitrogens with zero attached hydrogens (tertiary/aromatic N) is 3. The van der Waals surface area contributed by atoms with Gasteiger partial charge in [-0.1, -0.05) is 48.2 Å². The van der Waals surface area contributed by atoms with Gasteiger partial charge in [0, 0.05) is 28.3 Å². The fourth-order valence-corrected chi connectivity index (χ4v) is 4.62. The van der Waals surface area contributed by atoms with Crippen molar-refractivity contribution in [1.29, 1.82) is 0 Å². The second kappa shape index (κ2) is 9.88. The molecule has 31 heavy (non-hydrogen) atoms. The lowest BCUT2D eigenvalue weighted by molar-refractivity contribution is 0.0955. The molecule has 0 bridgehead atoms. The molecule has 1 amide bonds. The van der Waals surface area contributed by atoms with Crippen LogP contribution in [0.3, 0.4) is 0 Å². The van der Waals surface area contributed by atoms with E-state index in [4.69, 9.17) is 0 Å². The van der Waals surface area contributed by atoms with Crippen molar-refractivity contribution in [2.24, 2.45) is 5.10 Å². The smallest absolute Gasteiger partial charge is 0.267 e. The first-order chi connectivity index (χ1) is 15.1. The molecule has 1 aliphatic carbocycles. The van der Waals surface area contributed by atoms with Crippen LogP contribution < -0.4 is 5.43 Å². The first-order valence-electron chi connectivity index (χ1n) is 10.6. The number of fused-ring (bicyclic) bond motifs is 1. The molecular formula is C25H26N4OS. The van der Waals surface area contributed by atoms with Gasteiger partial charge in [-0.25, -0.2) is 15.4 Å². The molecule has 0 saturated heterocycles. The topological polar surface area (TPSA) is 67.2 Å². The van der Waals surface area contributed by atoms with Gasteiger partial charge in [0.2, 0.25) is 0 Å². The molecule has 0 radical (unpaired) electrons. The zero-order valence-electron chi connectivity index (χ0n) is 17.9. The van der Waals surface area contributed by atoms with E-state index in [-0.39, 0.29) is 5.91 Å². The van der Waals surface area contributed by atoms with Crippen LogP contribution in [0.25, 0.3) is 0 Å². The van der Waals surface area contributed by atoms with E-state index in [1.807, 2.05) is 50.2 Å². The van der Waals surface area contributed by atoms with Crippen LogP contribution >= 0.6 is 11.8 Å². The summed E-state index contributed by atoms with van der Waals surface area (Å²) in [6, 6.07) is 17.9. The van der Waals surface area contributed by atoms with Crippen molar-refractivity contribution in [2.45, 2.75) is 50.4 Å². The molecule has 0 aliphatic heterocycles. The summed E-state index contributed by atoms with van der Waals surface area (Å²) in [7, 11) is 0. The SMILES string of the molecule is Cc1cc(C)nc(SCc2ccc(C(=O)NN=C3CCCCc4ccccc43)cc2)n1. The second-order valence-corrected chi connectivity index (χ2v) is 8.73. The number of carbonyl (C=O) groups is 1. The molecule has 6 heteroatoms. The number of benzene rings is 2. The third kappa shape index (κ3) is 5.58. The summed E-state index contributed by atoms with van der Waals surface area (Å²) < 4.78 is 0. The molecule has 0 spiro atoms. The third-order valence-electron chi connectivity index (χ3n) is 5.28. The van der Waals surface area contributed by atoms with Crippen LogP contribution in [0.5, 0.6) is 0 Å². The Morgan fingerprint density at radius 2 is 1.71 bits per heavy atom. The van der Waals surface area contributed by atoms with Crippen LogP contribution in [0.2, 0.25) is 0 Å². The average molecular weight is 431 g/mol. The highest BCUT2D eigenvalue weighted by Gasteiger charge is 2.14. The zero-order chi connectivity index (χ0) is 21.6. The van der Waals surface area contributed by atoms with Gasteiger partial charge in [-0.05, 0) is 68.9 Å². The lowest BCUT2D eigenvalue weighted by Crippen LogP contribution is -2.20. The number of nitrogens with one attached hydrogen (secondary N) is 1. The van der Waals surface area contributed by atoms with Crippen molar-refractivity contribution in [3.8, 4) is 0 Å². The van der Waals surface area contributed by atoms with Gasteiger partial charge in [0.15, 0.2) is 5.16 Å². The normalized spacial score (nSPS) is 14.7. The Hall–Kier alpha value is -2.99. The minimum absolute atomic E-state index is 0.189. The number of hydrazone groups is 1. The van der Waals surface area contributed by atoms with Gasteiger partial charge in [-0.3, -0.25) is 4.79 Å². The molecule has 0 unspecified atom stereocenters. The maximum absolute atomic E-state index is 12.6. The maximum Gasteiger partial charge on any atom is 0.271 e. The minimum atomic E-state index is -0.189. The van der Waals surface area contributed by atoms with Gasteiger partial charge in [0.05, 0.1) is 5.71 Å². The van der Waals surface area contributed by atoms with Crippen molar-refractivity contribution >= 4 is 23.4 Å². The van der Waals surface area contributed by atoms with Crippen molar-refractivity contribution < 1.29 is 4.79 Å². The molecule has 0 atom stereocenters. The van der Waals surface area contributed by atoms with E-state index >= 15 is 0 Å². The molecule has 1 heterocycles. The molecule has 1 aromatic heterocycles. The molecule has 5 nitrogen and oxygen atoms in total. The predicted octanol–water partition coefficient (Wildman–Crippen LogP) is 5.25. The molecule has 3 aromatic rings. The third-order valence-corrected chi connectivity index (χ3v) is 6.19. The van der Waals surface area contributed by atoms with Crippen LogP contribution in [0.4, 0.5) is 0 Å². The van der Waals surface area contributed by atoms with E-state index in [1.54, 1.807) is 11.8 Å². The Balaban J connectivity index is 1.39. The first-order valence-corrected chi connectivity index (χ1v) is 11.6. The van der Waals surface area contributed by atoms with Crippen LogP contribution in [0.15, 0.2) is 64.9 Å². The number of hydrogen-bond donors (Lipinski definition) is 1. The van der Waals surface area contributed by atoms with Crippen molar-refractivity contribution in [2.75, 3.05) is 0 Å². The summed E-state index contributed by atoms with van der Waals surface area (Å²) in [6.07, 6.45) is 4.18. The number of aromatic nitrogens is 2. The summed E-state index contributed by atoms with van der Waals surface area (Å²) in [5.41, 5.74) is 9.84. The molecule has 0 saturated carbocycles. The number of aryl methyl sites for hydroxylation is 3. The second-order valence-electron chi connectivity index (χ2n) is 7.78. The summed E-state index contributed by atoms with van der Waals surface area (Å²) in [4.78, 5) is 21.5. The Bertz CT molecular complexity index is 1090. The van der Waals surface area contributed by atoms with E-state index in [9.17, 15) is 4.79 Å². The Labute approximate surface area is 187 Å². The Morgan fingerprint density at radius 3 is 2.48 bits per heavy atom. The fourth-order valence-electron chi connectivity index (χ4n) is 3.72. The van der Waals surface area contributed by atoms with E-state index < -0.39 is 0 Å². The van der Waals surface area contributed by atoms with Crippen LogP contribution in [-0.2, 0) is 12.2 Å². The zero-order valence-corrected chi connectivity index (χ0v) is 18.7. The number of amides is 1. The van der Waals surface area contributed by atoms with Crippen LogP contribution in [0.1, 0.15) is 57.7 Å². The lowest BCUT2D eigenvalue weighted by atomic mass is 10.0. The van der Waals surface area contributed by atoms with Crippen molar-refractivity contribution in [1.82, 2.24) is 15.4 Å². The maximum atomic E-state index is 12.6. The predicted molar refractivity (Wildman–Crippen MR) is 126 cm³/mol. The first kappa shape index (κ1) is 21.2. The molecule has 4 rings (SSSR count). The summed E-state index contributed by atoms with van der Waals surface area (Å²) in [5, 5.41) is 5.25. The quantitative estimate of drug-likeness (QED) is 0.260.